The number of benzene rings is 1. The predicted octanol–water partition coefficient (Wildman–Crippen LogP) is -0.535. The molecule has 0 spiro atoms. The fourth-order valence-electron chi connectivity index (χ4n) is 1.87. The van der Waals surface area contributed by atoms with Crippen molar-refractivity contribution < 1.29 is 39.6 Å². The van der Waals surface area contributed by atoms with Crippen LogP contribution >= 0.6 is 0 Å². The summed E-state index contributed by atoms with van der Waals surface area (Å²) in [6, 6.07) is 5.36. The number of carboxylic acid groups (broad SMARTS) is 1. The quantitative estimate of drug-likeness (QED) is 0.347. The van der Waals surface area contributed by atoms with Crippen molar-refractivity contribution in [2.75, 3.05) is 20.3 Å². The molecular formula is C15H21NO8. The lowest BCUT2D eigenvalue weighted by molar-refractivity contribution is -0.260. The number of carbonyl (C=O) groups excluding carboxylic acids is 1. The fourth-order valence-corrected chi connectivity index (χ4v) is 1.87. The SMILES string of the molecule is COC(C)C(CO)ON(C(=O)c1ccccc1C(=O)O)[C@@H](O)CO. The molecule has 1 aromatic rings. The Balaban J connectivity index is 3.17. The van der Waals surface area contributed by atoms with E-state index in [9.17, 15) is 19.8 Å². The van der Waals surface area contributed by atoms with Gasteiger partial charge >= 0.3 is 5.97 Å². The maximum Gasteiger partial charge on any atom is 0.336 e. The van der Waals surface area contributed by atoms with Crippen LogP contribution in [0.15, 0.2) is 24.3 Å². The number of ether oxygens (including phenoxy) is 1. The standard InChI is InChI=1S/C15H21NO8/c1-9(23-2)12(7-17)24-16(13(19)8-18)14(20)10-5-3-4-6-11(10)15(21)22/h3-6,9,12-13,17-19H,7-8H2,1-2H3,(H,21,22)/t9?,12?,13-/m0/s1. The number of hydrogen-bond donors (Lipinski definition) is 4. The lowest BCUT2D eigenvalue weighted by Crippen LogP contribution is -2.48. The Hall–Kier alpha value is -2.04. The molecule has 4 N–H and O–H groups in total. The van der Waals surface area contributed by atoms with E-state index in [0.717, 1.165) is 0 Å². The van der Waals surface area contributed by atoms with E-state index in [0.29, 0.717) is 5.06 Å². The Kier molecular flexibility index (Phi) is 7.75. The molecule has 0 saturated carbocycles. The molecule has 0 aliphatic heterocycles. The van der Waals surface area contributed by atoms with E-state index in [1.807, 2.05) is 0 Å². The van der Waals surface area contributed by atoms with Crippen molar-refractivity contribution in [1.82, 2.24) is 5.06 Å². The normalized spacial score (nSPS) is 14.7. The third kappa shape index (κ3) is 4.73. The molecule has 2 unspecified atom stereocenters. The first-order valence-electron chi connectivity index (χ1n) is 7.12. The summed E-state index contributed by atoms with van der Waals surface area (Å²) in [5.74, 6) is -2.31. The highest BCUT2D eigenvalue weighted by atomic mass is 16.7. The number of methoxy groups -OCH3 is 1. The molecule has 24 heavy (non-hydrogen) atoms. The van der Waals surface area contributed by atoms with Gasteiger partial charge in [-0.3, -0.25) is 9.63 Å². The minimum atomic E-state index is -1.75. The lowest BCUT2D eigenvalue weighted by Gasteiger charge is -2.31. The first-order valence-corrected chi connectivity index (χ1v) is 7.12. The topological polar surface area (TPSA) is 137 Å². The van der Waals surface area contributed by atoms with E-state index in [2.05, 4.69) is 0 Å². The number of rotatable bonds is 9. The molecule has 0 aromatic heterocycles. The van der Waals surface area contributed by atoms with E-state index in [1.165, 1.54) is 31.4 Å². The van der Waals surface area contributed by atoms with Gasteiger partial charge in [0.15, 0.2) is 6.23 Å². The van der Waals surface area contributed by atoms with Crippen LogP contribution in [0, 0.1) is 0 Å². The predicted molar refractivity (Wildman–Crippen MR) is 81.1 cm³/mol. The molecular weight excluding hydrogens is 322 g/mol. The first kappa shape index (κ1) is 20.0. The van der Waals surface area contributed by atoms with Crippen molar-refractivity contribution in [2.24, 2.45) is 0 Å². The van der Waals surface area contributed by atoms with Crippen LogP contribution in [0.2, 0.25) is 0 Å². The highest BCUT2D eigenvalue weighted by Crippen LogP contribution is 2.16. The van der Waals surface area contributed by atoms with Crippen LogP contribution in [0.1, 0.15) is 27.6 Å². The molecule has 0 aliphatic carbocycles. The molecule has 0 radical (unpaired) electrons. The van der Waals surface area contributed by atoms with Gasteiger partial charge in [0.05, 0.1) is 30.4 Å². The average Bonchev–Trinajstić information content (AvgIpc) is 2.60. The Morgan fingerprint density at radius 1 is 1.17 bits per heavy atom. The van der Waals surface area contributed by atoms with Gasteiger partial charge in [-0.2, -0.15) is 5.06 Å². The maximum absolute atomic E-state index is 12.6. The summed E-state index contributed by atoms with van der Waals surface area (Å²) in [6.45, 7) is 0.193. The van der Waals surface area contributed by atoms with Crippen LogP contribution in [0.25, 0.3) is 0 Å². The Labute approximate surface area is 138 Å². The largest absolute Gasteiger partial charge is 0.478 e. The molecule has 134 valence electrons. The molecule has 0 fully saturated rings. The molecule has 1 aromatic carbocycles. The number of aromatic carboxylic acids is 1. The van der Waals surface area contributed by atoms with Gasteiger partial charge in [0.1, 0.15) is 6.10 Å². The monoisotopic (exact) mass is 343 g/mol. The average molecular weight is 343 g/mol. The number of carbonyl (C=O) groups is 2. The van der Waals surface area contributed by atoms with Crippen molar-refractivity contribution in [3.05, 3.63) is 35.4 Å². The molecule has 0 saturated heterocycles. The molecule has 1 rings (SSSR count). The third-order valence-electron chi connectivity index (χ3n) is 3.35. The summed E-state index contributed by atoms with van der Waals surface area (Å²) in [4.78, 5) is 29.1. The minimum Gasteiger partial charge on any atom is -0.478 e. The Morgan fingerprint density at radius 2 is 1.75 bits per heavy atom. The molecule has 9 heteroatoms. The van der Waals surface area contributed by atoms with Crippen molar-refractivity contribution >= 4 is 11.9 Å². The van der Waals surface area contributed by atoms with E-state index in [1.54, 1.807) is 6.92 Å². The summed E-state index contributed by atoms with van der Waals surface area (Å²) in [6.07, 6.45) is -3.40. The molecule has 0 heterocycles. The van der Waals surface area contributed by atoms with Crippen LogP contribution in [-0.2, 0) is 9.57 Å². The smallest absolute Gasteiger partial charge is 0.336 e. The van der Waals surface area contributed by atoms with Gasteiger partial charge in [-0.25, -0.2) is 4.79 Å². The second-order valence-electron chi connectivity index (χ2n) is 4.91. The Bertz CT molecular complexity index is 564. The van der Waals surface area contributed by atoms with Gasteiger partial charge in [-0.05, 0) is 19.1 Å². The number of hydrogen-bond acceptors (Lipinski definition) is 7. The van der Waals surface area contributed by atoms with E-state index in [-0.39, 0.29) is 11.1 Å². The maximum atomic E-state index is 12.6. The van der Waals surface area contributed by atoms with E-state index >= 15 is 0 Å². The number of aliphatic hydroxyl groups excluding tert-OH is 3. The first-order chi connectivity index (χ1) is 11.4. The summed E-state index contributed by atoms with van der Waals surface area (Å²) < 4.78 is 5.00. The van der Waals surface area contributed by atoms with Crippen LogP contribution in [-0.4, -0.2) is 76.1 Å². The molecule has 0 aliphatic rings. The molecule has 3 atom stereocenters. The molecule has 0 bridgehead atoms. The van der Waals surface area contributed by atoms with Crippen molar-refractivity contribution in [1.29, 1.82) is 0 Å². The summed E-state index contributed by atoms with van der Waals surface area (Å²) in [5, 5.41) is 37.9. The van der Waals surface area contributed by atoms with Crippen LogP contribution in [0.4, 0.5) is 0 Å². The van der Waals surface area contributed by atoms with Crippen molar-refractivity contribution in [3.63, 3.8) is 0 Å². The number of aliphatic hydroxyl groups is 3. The molecule has 1 amide bonds. The van der Waals surface area contributed by atoms with Gasteiger partial charge in [0.2, 0.25) is 0 Å². The Morgan fingerprint density at radius 3 is 2.21 bits per heavy atom. The number of hydroxylamine groups is 2. The summed E-state index contributed by atoms with van der Waals surface area (Å²) in [5.41, 5.74) is -0.527. The van der Waals surface area contributed by atoms with Gasteiger partial charge in [-0.15, -0.1) is 0 Å². The van der Waals surface area contributed by atoms with Crippen LogP contribution in [0.5, 0.6) is 0 Å². The van der Waals surface area contributed by atoms with Gasteiger partial charge in [0.25, 0.3) is 5.91 Å². The van der Waals surface area contributed by atoms with Crippen LogP contribution < -0.4 is 0 Å². The van der Waals surface area contributed by atoms with Gasteiger partial charge < -0.3 is 25.2 Å². The van der Waals surface area contributed by atoms with Crippen molar-refractivity contribution in [2.45, 2.75) is 25.4 Å². The molecule has 9 nitrogen and oxygen atoms in total. The summed E-state index contributed by atoms with van der Waals surface area (Å²) in [7, 11) is 1.37. The highest BCUT2D eigenvalue weighted by Gasteiger charge is 2.31. The van der Waals surface area contributed by atoms with Crippen LogP contribution in [0.3, 0.4) is 0 Å². The zero-order valence-electron chi connectivity index (χ0n) is 13.3. The van der Waals surface area contributed by atoms with Gasteiger partial charge in [0, 0.05) is 7.11 Å². The highest BCUT2D eigenvalue weighted by molar-refractivity contribution is 6.04. The third-order valence-corrected chi connectivity index (χ3v) is 3.35. The van der Waals surface area contributed by atoms with Gasteiger partial charge in [-0.1, -0.05) is 12.1 Å². The zero-order valence-corrected chi connectivity index (χ0v) is 13.3. The number of amides is 1. The second-order valence-corrected chi connectivity index (χ2v) is 4.91. The van der Waals surface area contributed by atoms with E-state index < -0.39 is 43.5 Å². The zero-order chi connectivity index (χ0) is 18.3. The van der Waals surface area contributed by atoms with E-state index in [4.69, 9.17) is 19.8 Å². The summed E-state index contributed by atoms with van der Waals surface area (Å²) >= 11 is 0. The lowest BCUT2D eigenvalue weighted by atomic mass is 10.1. The second kappa shape index (κ2) is 9.30. The minimum absolute atomic E-state index is 0.237. The fraction of sp³-hybridized carbons (Fsp3) is 0.467. The number of nitrogens with zero attached hydrogens (tertiary/aromatic N) is 1. The number of carboxylic acids is 1. The van der Waals surface area contributed by atoms with Crippen molar-refractivity contribution in [3.8, 4) is 0 Å².